The Balaban J connectivity index is 0.000000143. The molecule has 5 aliphatic rings. The molecule has 6 aromatic carbocycles. The fraction of sp³-hybridized carbons (Fsp3) is 0.393. The second-order valence-electron chi connectivity index (χ2n) is 28.5. The Bertz CT molecular complexity index is 4680. The van der Waals surface area contributed by atoms with Crippen molar-refractivity contribution in [1.29, 1.82) is 0 Å². The van der Waals surface area contributed by atoms with Crippen LogP contribution in [0.1, 0.15) is 120 Å². The number of amides is 3. The number of nitrogens with one attached hydrogen (secondary N) is 3. The molecule has 24 heteroatoms. The van der Waals surface area contributed by atoms with E-state index >= 15 is 0 Å². The van der Waals surface area contributed by atoms with Crippen LogP contribution in [0.2, 0.25) is 15.1 Å². The van der Waals surface area contributed by atoms with E-state index in [1.165, 1.54) is 61.7 Å². The van der Waals surface area contributed by atoms with E-state index < -0.39 is 6.09 Å². The predicted molar refractivity (Wildman–Crippen MR) is 423 cm³/mol. The molecule has 10 aromatic rings. The molecule has 2 saturated heterocycles. The number of unbranched alkanes of at least 4 members (excludes halogenated alkanes) is 3. The van der Waals surface area contributed by atoms with E-state index in [0.717, 1.165) is 155 Å². The van der Waals surface area contributed by atoms with Crippen LogP contribution in [0.15, 0.2) is 166 Å². The highest BCUT2D eigenvalue weighted by Gasteiger charge is 2.39. The van der Waals surface area contributed by atoms with E-state index in [1.54, 1.807) is 40.5 Å². The fourth-order valence-corrected chi connectivity index (χ4v) is 16.3. The number of carbonyl (C=O) groups is 3. The Labute approximate surface area is 645 Å². The minimum Gasteiger partial charge on any atom is -0.494 e. The zero-order valence-corrected chi connectivity index (χ0v) is 64.0. The Morgan fingerprint density at radius 2 is 0.954 bits per heavy atom. The molecule has 0 saturated carbocycles. The van der Waals surface area contributed by atoms with E-state index in [1.807, 2.05) is 132 Å². The standard InChI is InChI=1S/C29H34ClN5O4.C28H32ClN3O3.C27H30ClN3O3/c1-37-16-17-39-29(36)35-14-12-24-25-18-22(30)8-11-26(25)33-27(24)28(35)21-6-9-23(10-7-21)38-15-5-3-2-4-13-34-20-31-19-32-34;1-3-15-34-28(33)32-14-12-23-24-16-21(29)8-11-25(24)30-26(23)27(32)20-6-9-22(10-7-20)35-18-19-5-4-13-31(2)17-19;1-3-33-27(32)31-14-12-22-23-15-20(28)8-11-24(23)29-25(22)26(31)19-6-9-21(10-7-19)34-17-18-5-4-13-30(2)16-18/h6-11,18-20,28,33H,2-5,12-17H2,1H3;3,6-11,16,19,27,30H,1,4-5,12-15,17-18H2,2H3;3,6-11,15,18,26,29H,1,4-5,12-14,16-17H2,2H3. The highest BCUT2D eigenvalue weighted by Crippen LogP contribution is 2.44. The van der Waals surface area contributed by atoms with Gasteiger partial charge in [0.15, 0.2) is 0 Å². The number of hydrogen-bond donors (Lipinski definition) is 3. The number of aromatic amines is 3. The molecule has 568 valence electrons. The van der Waals surface area contributed by atoms with Gasteiger partial charge in [0, 0.05) is 123 Å². The zero-order valence-electron chi connectivity index (χ0n) is 61.7. The first-order chi connectivity index (χ1) is 52.7. The topological polar surface area (TPSA) is 210 Å². The molecule has 3 N–H and O–H groups in total. The largest absolute Gasteiger partial charge is 0.494 e. The van der Waals surface area contributed by atoms with E-state index in [-0.39, 0.29) is 43.5 Å². The third-order valence-electron chi connectivity index (χ3n) is 21.0. The van der Waals surface area contributed by atoms with Gasteiger partial charge >= 0.3 is 18.3 Å². The average Bonchev–Trinajstić information content (AvgIpc) is 1.58. The van der Waals surface area contributed by atoms with Gasteiger partial charge in [-0.3, -0.25) is 19.4 Å². The number of benzene rings is 6. The number of hydrogen-bond acceptors (Lipinski definition) is 14. The van der Waals surface area contributed by atoms with Crippen molar-refractivity contribution in [2.75, 3.05) is 107 Å². The Kier molecular flexibility index (Phi) is 26.0. The molecule has 5 aliphatic heterocycles. The monoisotopic (exact) mass is 1520 g/mol. The average molecular weight is 1530 g/mol. The van der Waals surface area contributed by atoms with Gasteiger partial charge in [0.25, 0.3) is 0 Å². The minimum atomic E-state index is -0.413. The Morgan fingerprint density at radius 3 is 1.37 bits per heavy atom. The van der Waals surface area contributed by atoms with Crippen molar-refractivity contribution >= 4 is 85.8 Å². The number of carbonyl (C=O) groups excluding carboxylic acids is 3. The van der Waals surface area contributed by atoms with Crippen molar-refractivity contribution in [3.05, 3.63) is 231 Å². The quantitative estimate of drug-likeness (QED) is 0.0236. The molecule has 21 nitrogen and oxygen atoms in total. The van der Waals surface area contributed by atoms with Gasteiger partial charge in [0.2, 0.25) is 0 Å². The third kappa shape index (κ3) is 18.6. The van der Waals surface area contributed by atoms with Gasteiger partial charge in [-0.05, 0) is 216 Å². The van der Waals surface area contributed by atoms with Crippen molar-refractivity contribution in [3.63, 3.8) is 0 Å². The Morgan fingerprint density at radius 1 is 0.519 bits per heavy atom. The number of H-pyrrole nitrogens is 3. The second-order valence-corrected chi connectivity index (χ2v) is 29.8. The van der Waals surface area contributed by atoms with Crippen molar-refractivity contribution in [1.82, 2.24) is 54.2 Å². The summed E-state index contributed by atoms with van der Waals surface area (Å²) in [6, 6.07) is 40.8. The number of halogens is 3. The number of ether oxygens (including phenoxy) is 7. The molecule has 0 spiro atoms. The number of aromatic nitrogens is 6. The highest BCUT2D eigenvalue weighted by molar-refractivity contribution is 6.32. The van der Waals surface area contributed by atoms with Crippen LogP contribution < -0.4 is 14.2 Å². The molecule has 5 unspecified atom stereocenters. The van der Waals surface area contributed by atoms with Crippen LogP contribution in [0.5, 0.6) is 17.2 Å². The van der Waals surface area contributed by atoms with Crippen molar-refractivity contribution in [2.24, 2.45) is 11.8 Å². The lowest BCUT2D eigenvalue weighted by Crippen LogP contribution is -2.41. The maximum absolute atomic E-state index is 13.1. The Hall–Kier alpha value is -9.48. The molecular formula is C84H96Cl3N11O10. The van der Waals surface area contributed by atoms with Crippen LogP contribution in [0.25, 0.3) is 32.7 Å². The van der Waals surface area contributed by atoms with Crippen LogP contribution in [0.4, 0.5) is 14.4 Å². The van der Waals surface area contributed by atoms with Gasteiger partial charge in [-0.1, -0.05) is 96.9 Å². The predicted octanol–water partition coefficient (Wildman–Crippen LogP) is 17.4. The summed E-state index contributed by atoms with van der Waals surface area (Å²) in [4.78, 5) is 63.5. The van der Waals surface area contributed by atoms with E-state index in [2.05, 4.69) is 62.1 Å². The lowest BCUT2D eigenvalue weighted by molar-refractivity contribution is 0.0629. The van der Waals surface area contributed by atoms with Crippen LogP contribution in [0, 0.1) is 11.8 Å². The van der Waals surface area contributed by atoms with Crippen molar-refractivity contribution in [2.45, 2.75) is 95.3 Å². The summed E-state index contributed by atoms with van der Waals surface area (Å²) in [6.45, 7) is 17.1. The summed E-state index contributed by atoms with van der Waals surface area (Å²) in [5.41, 5.74) is 12.6. The number of methoxy groups -OCH3 is 1. The molecule has 9 heterocycles. The number of likely N-dealkylation sites (tertiary alicyclic amines) is 2. The van der Waals surface area contributed by atoms with Gasteiger partial charge in [-0.15, -0.1) is 0 Å². The lowest BCUT2D eigenvalue weighted by Gasteiger charge is -2.35. The first kappa shape index (κ1) is 76.7. The van der Waals surface area contributed by atoms with Crippen LogP contribution in [0.3, 0.4) is 0 Å². The summed E-state index contributed by atoms with van der Waals surface area (Å²) >= 11 is 18.9. The number of nitrogens with zero attached hydrogens (tertiary/aromatic N) is 8. The molecule has 5 atom stereocenters. The minimum absolute atomic E-state index is 0.181. The second kappa shape index (κ2) is 36.6. The molecule has 0 aliphatic carbocycles. The van der Waals surface area contributed by atoms with E-state index in [9.17, 15) is 14.4 Å². The SMILES string of the molecule is C=CCOC(=O)N1CCc2c([nH]c3ccc(Cl)cc23)C1c1ccc(OCC2CCCN(C)C2)cc1.C=COC(=O)N1CCc2c([nH]c3ccc(Cl)cc23)C1c1ccc(OCC2CCCN(C)C2)cc1.COCCOC(=O)N1CCc2c([nH]c3ccc(Cl)cc23)C1c1ccc(OCCCCCCn2cncn2)cc1. The van der Waals surface area contributed by atoms with Gasteiger partial charge < -0.3 is 57.9 Å². The number of piperidine rings is 2. The first-order valence-electron chi connectivity index (χ1n) is 37.5. The number of rotatable bonds is 23. The van der Waals surface area contributed by atoms with Gasteiger partial charge in [0.05, 0.1) is 32.7 Å². The van der Waals surface area contributed by atoms with Crippen molar-refractivity contribution in [3.8, 4) is 17.2 Å². The van der Waals surface area contributed by atoms with E-state index in [4.69, 9.17) is 68.0 Å². The van der Waals surface area contributed by atoms with Gasteiger partial charge in [0.1, 0.15) is 61.2 Å². The molecular weight excluding hydrogens is 1430 g/mol. The molecule has 0 bridgehead atoms. The van der Waals surface area contributed by atoms with E-state index in [0.29, 0.717) is 66.2 Å². The smallest absolute Gasteiger partial charge is 0.415 e. The molecule has 15 rings (SSSR count). The lowest BCUT2D eigenvalue weighted by atomic mass is 9.92. The molecule has 3 amide bonds. The summed E-state index contributed by atoms with van der Waals surface area (Å²) in [6.07, 6.45) is 16.3. The van der Waals surface area contributed by atoms with Crippen LogP contribution >= 0.6 is 34.8 Å². The molecule has 0 radical (unpaired) electrons. The molecule has 2 fully saturated rings. The fourth-order valence-electron chi connectivity index (χ4n) is 15.8. The first-order valence-corrected chi connectivity index (χ1v) is 38.7. The summed E-state index contributed by atoms with van der Waals surface area (Å²) < 4.78 is 41.3. The number of aryl methyl sites for hydroxylation is 1. The number of fused-ring (bicyclic) bond motifs is 9. The summed E-state index contributed by atoms with van der Waals surface area (Å²) in [5.74, 6) is 3.62. The van der Waals surface area contributed by atoms with Gasteiger partial charge in [-0.2, -0.15) is 5.10 Å². The molecule has 108 heavy (non-hydrogen) atoms. The summed E-state index contributed by atoms with van der Waals surface area (Å²) in [7, 11) is 5.92. The normalized spacial score (nSPS) is 18.5. The van der Waals surface area contributed by atoms with Crippen LogP contribution in [-0.4, -0.2) is 179 Å². The summed E-state index contributed by atoms with van der Waals surface area (Å²) in [5, 5.41) is 9.52. The zero-order chi connectivity index (χ0) is 75.0. The third-order valence-corrected chi connectivity index (χ3v) is 21.7. The van der Waals surface area contributed by atoms with Gasteiger partial charge in [-0.25, -0.2) is 19.4 Å². The molecule has 4 aromatic heterocycles. The van der Waals surface area contributed by atoms with Crippen LogP contribution in [-0.2, 0) is 44.8 Å². The van der Waals surface area contributed by atoms with Crippen molar-refractivity contribution < 1.29 is 47.5 Å². The maximum Gasteiger partial charge on any atom is 0.415 e. The highest BCUT2D eigenvalue weighted by atomic mass is 35.5. The maximum atomic E-state index is 13.1.